The van der Waals surface area contributed by atoms with Crippen LogP contribution in [0, 0.1) is 0 Å². The molecular formula is C14H16O3. The first-order chi connectivity index (χ1) is 8.24. The molecule has 0 aromatic heterocycles. The van der Waals surface area contributed by atoms with Crippen molar-refractivity contribution in [2.75, 3.05) is 6.61 Å². The molecule has 0 heterocycles. The van der Waals surface area contributed by atoms with E-state index >= 15 is 0 Å². The summed E-state index contributed by atoms with van der Waals surface area (Å²) >= 11 is 0. The van der Waals surface area contributed by atoms with E-state index in [1.54, 1.807) is 6.08 Å². The number of aliphatic hydroxyl groups excluding tert-OH is 1. The van der Waals surface area contributed by atoms with E-state index in [4.69, 9.17) is 9.84 Å². The molecule has 0 bridgehead atoms. The molecule has 0 aliphatic heterocycles. The number of hydrogen-bond acceptors (Lipinski definition) is 3. The molecule has 0 amide bonds. The zero-order chi connectivity index (χ0) is 12.5. The molecule has 1 rings (SSSR count). The summed E-state index contributed by atoms with van der Waals surface area (Å²) in [6, 6.07) is 9.54. The first kappa shape index (κ1) is 13.2. The highest BCUT2D eigenvalue weighted by Gasteiger charge is 2.05. The van der Waals surface area contributed by atoms with E-state index in [2.05, 4.69) is 6.58 Å². The van der Waals surface area contributed by atoms with Crippen LogP contribution in [0.15, 0.2) is 48.7 Å². The van der Waals surface area contributed by atoms with E-state index in [9.17, 15) is 4.79 Å². The molecule has 3 heteroatoms. The number of esters is 1. The average Bonchev–Trinajstić information content (AvgIpc) is 2.37. The first-order valence-corrected chi connectivity index (χ1v) is 5.45. The Labute approximate surface area is 101 Å². The zero-order valence-corrected chi connectivity index (χ0v) is 9.63. The molecular weight excluding hydrogens is 216 g/mol. The van der Waals surface area contributed by atoms with Gasteiger partial charge in [0, 0.05) is 12.2 Å². The van der Waals surface area contributed by atoms with E-state index in [1.807, 2.05) is 30.3 Å². The van der Waals surface area contributed by atoms with Crippen LogP contribution in [0.2, 0.25) is 0 Å². The maximum absolute atomic E-state index is 11.4. The number of hydrogen-bond donors (Lipinski definition) is 1. The van der Waals surface area contributed by atoms with Gasteiger partial charge in [0.2, 0.25) is 0 Å². The summed E-state index contributed by atoms with van der Waals surface area (Å²) in [5.74, 6) is -0.453. The lowest BCUT2D eigenvalue weighted by Gasteiger charge is -2.01. The van der Waals surface area contributed by atoms with Gasteiger partial charge < -0.3 is 9.84 Å². The Morgan fingerprint density at radius 1 is 1.35 bits per heavy atom. The van der Waals surface area contributed by atoms with Crippen LogP contribution < -0.4 is 0 Å². The van der Waals surface area contributed by atoms with Crippen LogP contribution in [-0.2, 0) is 9.53 Å². The van der Waals surface area contributed by atoms with Crippen molar-refractivity contribution in [3.63, 3.8) is 0 Å². The van der Waals surface area contributed by atoms with Crippen LogP contribution in [0.4, 0.5) is 0 Å². The molecule has 1 aromatic rings. The lowest BCUT2D eigenvalue weighted by atomic mass is 10.2. The molecule has 0 atom stereocenters. The third-order valence-corrected chi connectivity index (χ3v) is 2.16. The van der Waals surface area contributed by atoms with Crippen molar-refractivity contribution in [2.24, 2.45) is 0 Å². The molecule has 0 aliphatic carbocycles. The molecule has 90 valence electrons. The molecule has 0 radical (unpaired) electrons. The SMILES string of the molecule is C=C(CCCO)C(=O)OC=Cc1ccccc1. The van der Waals surface area contributed by atoms with Crippen LogP contribution in [0.1, 0.15) is 18.4 Å². The smallest absolute Gasteiger partial charge is 0.338 e. The minimum Gasteiger partial charge on any atom is -0.431 e. The van der Waals surface area contributed by atoms with Crippen LogP contribution >= 0.6 is 0 Å². The Morgan fingerprint density at radius 3 is 2.71 bits per heavy atom. The highest BCUT2D eigenvalue weighted by atomic mass is 16.5. The summed E-state index contributed by atoms with van der Waals surface area (Å²) in [5, 5.41) is 8.61. The molecule has 17 heavy (non-hydrogen) atoms. The van der Waals surface area contributed by atoms with Crippen LogP contribution in [0.3, 0.4) is 0 Å². The summed E-state index contributed by atoms with van der Waals surface area (Å²) in [6.07, 6.45) is 4.03. The maximum atomic E-state index is 11.4. The van der Waals surface area contributed by atoms with Crippen LogP contribution in [0.5, 0.6) is 0 Å². The molecule has 0 aliphatic rings. The van der Waals surface area contributed by atoms with E-state index in [0.717, 1.165) is 5.56 Å². The Hall–Kier alpha value is -1.87. The van der Waals surface area contributed by atoms with Crippen molar-refractivity contribution < 1.29 is 14.6 Å². The van der Waals surface area contributed by atoms with Crippen molar-refractivity contribution in [2.45, 2.75) is 12.8 Å². The van der Waals surface area contributed by atoms with E-state index in [1.165, 1.54) is 6.26 Å². The molecule has 0 saturated heterocycles. The monoisotopic (exact) mass is 232 g/mol. The van der Waals surface area contributed by atoms with Gasteiger partial charge in [0.05, 0.1) is 6.26 Å². The largest absolute Gasteiger partial charge is 0.431 e. The van der Waals surface area contributed by atoms with Crippen molar-refractivity contribution in [1.82, 2.24) is 0 Å². The maximum Gasteiger partial charge on any atom is 0.338 e. The number of rotatable bonds is 6. The first-order valence-electron chi connectivity index (χ1n) is 5.45. The Kier molecular flexibility index (Phi) is 5.75. The Balaban J connectivity index is 2.38. The summed E-state index contributed by atoms with van der Waals surface area (Å²) in [7, 11) is 0. The fourth-order valence-corrected chi connectivity index (χ4v) is 1.22. The number of carbonyl (C=O) groups excluding carboxylic acids is 1. The lowest BCUT2D eigenvalue weighted by molar-refractivity contribution is -0.133. The second-order valence-electron chi connectivity index (χ2n) is 3.55. The average molecular weight is 232 g/mol. The quantitative estimate of drug-likeness (QED) is 0.465. The van der Waals surface area contributed by atoms with Gasteiger partial charge in [0.15, 0.2) is 0 Å². The molecule has 3 nitrogen and oxygen atoms in total. The van der Waals surface area contributed by atoms with Gasteiger partial charge in [-0.3, -0.25) is 0 Å². The van der Waals surface area contributed by atoms with Gasteiger partial charge >= 0.3 is 5.97 Å². The number of aliphatic hydroxyl groups is 1. The van der Waals surface area contributed by atoms with Crippen molar-refractivity contribution in [3.8, 4) is 0 Å². The van der Waals surface area contributed by atoms with Crippen LogP contribution in [-0.4, -0.2) is 17.7 Å². The minimum absolute atomic E-state index is 0.0478. The summed E-state index contributed by atoms with van der Waals surface area (Å²) in [4.78, 5) is 11.4. The molecule has 0 saturated carbocycles. The molecule has 0 spiro atoms. The third-order valence-electron chi connectivity index (χ3n) is 2.16. The van der Waals surface area contributed by atoms with Gasteiger partial charge in [-0.15, -0.1) is 0 Å². The van der Waals surface area contributed by atoms with E-state index in [-0.39, 0.29) is 6.61 Å². The fourth-order valence-electron chi connectivity index (χ4n) is 1.22. The number of ether oxygens (including phenoxy) is 1. The second kappa shape index (κ2) is 7.41. The fraction of sp³-hybridized carbons (Fsp3) is 0.214. The van der Waals surface area contributed by atoms with Gasteiger partial charge in [-0.2, -0.15) is 0 Å². The number of carbonyl (C=O) groups is 1. The van der Waals surface area contributed by atoms with Crippen LogP contribution in [0.25, 0.3) is 6.08 Å². The summed E-state index contributed by atoms with van der Waals surface area (Å²) in [6.45, 7) is 3.65. The van der Waals surface area contributed by atoms with E-state index < -0.39 is 5.97 Å². The van der Waals surface area contributed by atoms with E-state index in [0.29, 0.717) is 18.4 Å². The third kappa shape index (κ3) is 5.13. The standard InChI is InChI=1S/C14H16O3/c1-12(6-5-10-15)14(16)17-11-9-13-7-3-2-4-8-13/h2-4,7-9,11,15H,1,5-6,10H2. The molecule has 1 aromatic carbocycles. The predicted octanol–water partition coefficient (Wildman–Crippen LogP) is 2.53. The minimum atomic E-state index is -0.453. The zero-order valence-electron chi connectivity index (χ0n) is 9.63. The van der Waals surface area contributed by atoms with Gasteiger partial charge in [-0.1, -0.05) is 36.9 Å². The van der Waals surface area contributed by atoms with Crippen molar-refractivity contribution in [3.05, 3.63) is 54.3 Å². The van der Waals surface area contributed by atoms with Gasteiger partial charge in [0.1, 0.15) is 0 Å². The lowest BCUT2D eigenvalue weighted by Crippen LogP contribution is -2.03. The van der Waals surface area contributed by atoms with Crippen molar-refractivity contribution >= 4 is 12.0 Å². The molecule has 0 fully saturated rings. The Morgan fingerprint density at radius 2 is 2.06 bits per heavy atom. The molecule has 0 unspecified atom stereocenters. The topological polar surface area (TPSA) is 46.5 Å². The number of benzene rings is 1. The van der Waals surface area contributed by atoms with Gasteiger partial charge in [-0.05, 0) is 24.5 Å². The second-order valence-corrected chi connectivity index (χ2v) is 3.55. The van der Waals surface area contributed by atoms with Gasteiger partial charge in [0.25, 0.3) is 0 Å². The highest BCUT2D eigenvalue weighted by molar-refractivity contribution is 5.88. The van der Waals surface area contributed by atoms with Gasteiger partial charge in [-0.25, -0.2) is 4.79 Å². The Bertz CT molecular complexity index is 393. The normalized spacial score (nSPS) is 10.4. The molecule has 1 N–H and O–H groups in total. The predicted molar refractivity (Wildman–Crippen MR) is 67.0 cm³/mol. The van der Waals surface area contributed by atoms with Crippen molar-refractivity contribution in [1.29, 1.82) is 0 Å². The highest BCUT2D eigenvalue weighted by Crippen LogP contribution is 2.06. The summed E-state index contributed by atoms with van der Waals surface area (Å²) in [5.41, 5.74) is 1.33. The summed E-state index contributed by atoms with van der Waals surface area (Å²) < 4.78 is 4.90.